The van der Waals surface area contributed by atoms with Crippen molar-refractivity contribution in [3.8, 4) is 0 Å². The average molecular weight is 254 g/mol. The van der Waals surface area contributed by atoms with Crippen LogP contribution in [0.25, 0.3) is 0 Å². The Labute approximate surface area is 108 Å². The van der Waals surface area contributed by atoms with Crippen LogP contribution in [0, 0.1) is 0 Å². The minimum atomic E-state index is -0.531. The second kappa shape index (κ2) is 6.73. The van der Waals surface area contributed by atoms with E-state index in [9.17, 15) is 9.59 Å². The third-order valence-corrected chi connectivity index (χ3v) is 3.66. The Morgan fingerprint density at radius 1 is 1.00 bits per heavy atom. The predicted molar refractivity (Wildman–Crippen MR) is 67.0 cm³/mol. The van der Waals surface area contributed by atoms with E-state index in [0.717, 1.165) is 45.1 Å². The van der Waals surface area contributed by atoms with Crippen LogP contribution in [0.2, 0.25) is 0 Å². The van der Waals surface area contributed by atoms with Crippen LogP contribution in [0.1, 0.15) is 44.9 Å². The summed E-state index contributed by atoms with van der Waals surface area (Å²) in [6.45, 7) is 1.20. The van der Waals surface area contributed by atoms with Crippen molar-refractivity contribution >= 4 is 11.8 Å². The number of carbonyl (C=O) groups excluding carboxylic acids is 2. The van der Waals surface area contributed by atoms with Crippen LogP contribution in [0.15, 0.2) is 0 Å². The first-order chi connectivity index (χ1) is 8.75. The first-order valence-corrected chi connectivity index (χ1v) is 6.96. The molecule has 1 unspecified atom stereocenters. The molecule has 2 N–H and O–H groups in total. The minimum absolute atomic E-state index is 0.0800. The molecule has 2 aliphatic rings. The van der Waals surface area contributed by atoms with E-state index in [4.69, 9.17) is 4.74 Å². The Morgan fingerprint density at radius 3 is 2.44 bits per heavy atom. The fourth-order valence-electron chi connectivity index (χ4n) is 2.59. The Morgan fingerprint density at radius 2 is 1.78 bits per heavy atom. The average Bonchev–Trinajstić information content (AvgIpc) is 2.90. The van der Waals surface area contributed by atoms with Gasteiger partial charge in [-0.3, -0.25) is 9.59 Å². The van der Waals surface area contributed by atoms with Crippen LogP contribution >= 0.6 is 0 Å². The molecule has 0 aromatic carbocycles. The molecule has 102 valence electrons. The number of carbonyl (C=O) groups is 2. The Kier molecular flexibility index (Phi) is 4.99. The van der Waals surface area contributed by atoms with E-state index in [2.05, 4.69) is 10.6 Å². The molecular formula is C13H22N2O3. The maximum absolute atomic E-state index is 11.7. The van der Waals surface area contributed by atoms with Gasteiger partial charge in [0.05, 0.1) is 6.10 Å². The van der Waals surface area contributed by atoms with Crippen molar-refractivity contribution in [2.75, 3.05) is 13.2 Å². The molecule has 0 aromatic rings. The van der Waals surface area contributed by atoms with Crippen molar-refractivity contribution < 1.29 is 14.3 Å². The van der Waals surface area contributed by atoms with Gasteiger partial charge in [-0.1, -0.05) is 19.3 Å². The lowest BCUT2D eigenvalue weighted by atomic mass is 9.95. The van der Waals surface area contributed by atoms with Crippen LogP contribution in [-0.2, 0) is 14.3 Å². The lowest BCUT2D eigenvalue weighted by molar-refractivity contribution is -0.140. The van der Waals surface area contributed by atoms with Gasteiger partial charge in [0, 0.05) is 19.2 Å². The second-order valence-electron chi connectivity index (χ2n) is 5.15. The summed E-state index contributed by atoms with van der Waals surface area (Å²) in [4.78, 5) is 23.2. The van der Waals surface area contributed by atoms with Gasteiger partial charge in [0.2, 0.25) is 0 Å². The largest absolute Gasteiger partial charge is 0.376 e. The zero-order chi connectivity index (χ0) is 12.8. The second-order valence-corrected chi connectivity index (χ2v) is 5.15. The molecule has 1 heterocycles. The van der Waals surface area contributed by atoms with Crippen molar-refractivity contribution in [3.05, 3.63) is 0 Å². The minimum Gasteiger partial charge on any atom is -0.376 e. The molecule has 2 fully saturated rings. The topological polar surface area (TPSA) is 67.4 Å². The normalized spacial score (nSPS) is 24.8. The van der Waals surface area contributed by atoms with E-state index < -0.39 is 11.8 Å². The Hall–Kier alpha value is -1.10. The van der Waals surface area contributed by atoms with Gasteiger partial charge in [-0.15, -0.1) is 0 Å². The lowest BCUT2D eigenvalue weighted by Gasteiger charge is -2.22. The quantitative estimate of drug-likeness (QED) is 0.730. The van der Waals surface area contributed by atoms with Crippen LogP contribution < -0.4 is 10.6 Å². The highest BCUT2D eigenvalue weighted by Crippen LogP contribution is 2.17. The molecule has 1 saturated heterocycles. The molecule has 1 saturated carbocycles. The number of nitrogens with one attached hydrogen (secondary N) is 2. The van der Waals surface area contributed by atoms with E-state index in [1.165, 1.54) is 6.42 Å². The molecule has 0 spiro atoms. The van der Waals surface area contributed by atoms with Crippen LogP contribution in [-0.4, -0.2) is 37.1 Å². The molecule has 2 rings (SSSR count). The first-order valence-electron chi connectivity index (χ1n) is 6.96. The molecule has 0 bridgehead atoms. The highest BCUT2D eigenvalue weighted by molar-refractivity contribution is 6.35. The SMILES string of the molecule is O=C(NCC1CCCO1)C(=O)NC1CCCCC1. The van der Waals surface area contributed by atoms with E-state index in [1.807, 2.05) is 0 Å². The predicted octanol–water partition coefficient (Wildman–Crippen LogP) is 0.730. The van der Waals surface area contributed by atoms with Gasteiger partial charge >= 0.3 is 11.8 Å². The van der Waals surface area contributed by atoms with E-state index in [0.29, 0.717) is 6.54 Å². The van der Waals surface area contributed by atoms with Gasteiger partial charge in [-0.25, -0.2) is 0 Å². The maximum atomic E-state index is 11.7. The fraction of sp³-hybridized carbons (Fsp3) is 0.846. The summed E-state index contributed by atoms with van der Waals surface area (Å²) in [7, 11) is 0. The zero-order valence-corrected chi connectivity index (χ0v) is 10.7. The third kappa shape index (κ3) is 3.98. The van der Waals surface area contributed by atoms with Gasteiger partial charge in [0.15, 0.2) is 0 Å². The summed E-state index contributed by atoms with van der Waals surface area (Å²) in [5.41, 5.74) is 0. The van der Waals surface area contributed by atoms with E-state index >= 15 is 0 Å². The summed E-state index contributed by atoms with van der Waals surface area (Å²) in [5.74, 6) is -1.03. The third-order valence-electron chi connectivity index (χ3n) is 3.66. The van der Waals surface area contributed by atoms with Crippen molar-refractivity contribution in [2.24, 2.45) is 0 Å². The highest BCUT2D eigenvalue weighted by Gasteiger charge is 2.22. The molecule has 5 heteroatoms. The standard InChI is InChI=1S/C13H22N2O3/c16-12(14-9-11-7-4-8-18-11)13(17)15-10-5-2-1-3-6-10/h10-11H,1-9H2,(H,14,16)(H,15,17). The van der Waals surface area contributed by atoms with Gasteiger partial charge in [-0.05, 0) is 25.7 Å². The molecule has 0 aromatic heterocycles. The fourth-order valence-corrected chi connectivity index (χ4v) is 2.59. The van der Waals surface area contributed by atoms with Crippen molar-refractivity contribution in [1.29, 1.82) is 0 Å². The van der Waals surface area contributed by atoms with Gasteiger partial charge in [0.25, 0.3) is 0 Å². The highest BCUT2D eigenvalue weighted by atomic mass is 16.5. The summed E-state index contributed by atoms with van der Waals surface area (Å²) in [5, 5.41) is 5.44. The summed E-state index contributed by atoms with van der Waals surface area (Å²) in [6, 6.07) is 0.180. The van der Waals surface area contributed by atoms with Gasteiger partial charge in [-0.2, -0.15) is 0 Å². The van der Waals surface area contributed by atoms with Crippen molar-refractivity contribution in [1.82, 2.24) is 10.6 Å². The summed E-state index contributed by atoms with van der Waals surface area (Å²) >= 11 is 0. The van der Waals surface area contributed by atoms with Crippen molar-refractivity contribution in [2.45, 2.75) is 57.1 Å². The van der Waals surface area contributed by atoms with Gasteiger partial charge < -0.3 is 15.4 Å². The lowest BCUT2D eigenvalue weighted by Crippen LogP contribution is -2.46. The maximum Gasteiger partial charge on any atom is 0.309 e. The smallest absolute Gasteiger partial charge is 0.309 e. The monoisotopic (exact) mass is 254 g/mol. The number of amides is 2. The first kappa shape index (κ1) is 13.3. The zero-order valence-electron chi connectivity index (χ0n) is 10.7. The van der Waals surface area contributed by atoms with Crippen molar-refractivity contribution in [3.63, 3.8) is 0 Å². The van der Waals surface area contributed by atoms with E-state index in [1.54, 1.807) is 0 Å². The summed E-state index contributed by atoms with van der Waals surface area (Å²) < 4.78 is 5.39. The number of hydrogen-bond acceptors (Lipinski definition) is 3. The van der Waals surface area contributed by atoms with Crippen LogP contribution in [0.4, 0.5) is 0 Å². The molecular weight excluding hydrogens is 232 g/mol. The number of rotatable bonds is 3. The number of hydrogen-bond donors (Lipinski definition) is 2. The molecule has 1 aliphatic carbocycles. The molecule has 1 aliphatic heterocycles. The summed E-state index contributed by atoms with van der Waals surface area (Å²) in [6.07, 6.45) is 7.58. The number of ether oxygens (including phenoxy) is 1. The van der Waals surface area contributed by atoms with Crippen LogP contribution in [0.3, 0.4) is 0 Å². The molecule has 18 heavy (non-hydrogen) atoms. The Bertz CT molecular complexity index is 295. The Balaban J connectivity index is 1.65. The molecule has 2 amide bonds. The molecule has 1 atom stereocenters. The van der Waals surface area contributed by atoms with Crippen LogP contribution in [0.5, 0.6) is 0 Å². The molecule has 0 radical (unpaired) electrons. The van der Waals surface area contributed by atoms with E-state index in [-0.39, 0.29) is 12.1 Å². The van der Waals surface area contributed by atoms with Gasteiger partial charge in [0.1, 0.15) is 0 Å². The molecule has 5 nitrogen and oxygen atoms in total.